The van der Waals surface area contributed by atoms with Crippen LogP contribution >= 0.6 is 0 Å². The van der Waals surface area contributed by atoms with Crippen LogP contribution < -0.4 is 4.74 Å². The van der Waals surface area contributed by atoms with Gasteiger partial charge in [-0.3, -0.25) is 0 Å². The zero-order chi connectivity index (χ0) is 15.7. The number of methoxy groups -OCH3 is 1. The van der Waals surface area contributed by atoms with Crippen LogP contribution in [0, 0.1) is 5.82 Å². The second-order valence-electron chi connectivity index (χ2n) is 3.21. The predicted octanol–water partition coefficient (Wildman–Crippen LogP) is 2.92. The average molecular weight is 307 g/mol. The largest absolute Gasteiger partial charge is 0.574 e. The van der Waals surface area contributed by atoms with Gasteiger partial charge in [-0.1, -0.05) is 0 Å². The van der Waals surface area contributed by atoms with Gasteiger partial charge in [-0.15, -0.1) is 13.2 Å². The summed E-state index contributed by atoms with van der Waals surface area (Å²) in [5, 5.41) is 0. The molecule has 0 radical (unpaired) electrons. The quantitative estimate of drug-likeness (QED) is 0.622. The summed E-state index contributed by atoms with van der Waals surface area (Å²) in [5.74, 6) is -5.47. The van der Waals surface area contributed by atoms with E-state index in [0.717, 1.165) is 0 Å². The highest BCUT2D eigenvalue weighted by Crippen LogP contribution is 2.35. The zero-order valence-corrected chi connectivity index (χ0v) is 9.40. The van der Waals surface area contributed by atoms with E-state index in [4.69, 9.17) is 0 Å². The lowest BCUT2D eigenvalue weighted by atomic mass is 10.2. The van der Waals surface area contributed by atoms with Gasteiger partial charge in [0.2, 0.25) is 5.88 Å². The first-order valence-electron chi connectivity index (χ1n) is 4.57. The van der Waals surface area contributed by atoms with Crippen molar-refractivity contribution in [3.8, 4) is 5.88 Å². The molecule has 1 aromatic rings. The Kier molecular flexibility index (Phi) is 4.10. The maximum Gasteiger partial charge on any atom is 0.574 e. The molecule has 0 aliphatic rings. The van der Waals surface area contributed by atoms with Crippen molar-refractivity contribution in [1.29, 1.82) is 0 Å². The van der Waals surface area contributed by atoms with E-state index in [1.807, 2.05) is 0 Å². The van der Waals surface area contributed by atoms with Gasteiger partial charge >= 0.3 is 18.5 Å². The Labute approximate surface area is 106 Å². The molecule has 0 saturated carbocycles. The van der Waals surface area contributed by atoms with Gasteiger partial charge < -0.3 is 9.47 Å². The van der Waals surface area contributed by atoms with Crippen molar-refractivity contribution in [2.24, 2.45) is 0 Å². The number of rotatable bonds is 2. The number of alkyl halides is 6. The third-order valence-corrected chi connectivity index (χ3v) is 1.84. The molecular weight excluding hydrogens is 303 g/mol. The van der Waals surface area contributed by atoms with Gasteiger partial charge in [0.25, 0.3) is 0 Å². The summed E-state index contributed by atoms with van der Waals surface area (Å²) in [4.78, 5) is 13.7. The Morgan fingerprint density at radius 1 is 1.20 bits per heavy atom. The summed E-state index contributed by atoms with van der Waals surface area (Å²) >= 11 is 0. The number of carbonyl (C=O) groups is 1. The SMILES string of the molecule is COC(=O)c1nc(OC(F)(F)F)cc(C(F)(F)F)c1F. The highest BCUT2D eigenvalue weighted by Gasteiger charge is 2.40. The molecule has 0 bridgehead atoms. The van der Waals surface area contributed by atoms with Crippen LogP contribution in [0.4, 0.5) is 30.7 Å². The van der Waals surface area contributed by atoms with Crippen LogP contribution in [0.25, 0.3) is 0 Å². The normalized spacial score (nSPS) is 12.2. The number of hydrogen-bond acceptors (Lipinski definition) is 4. The summed E-state index contributed by atoms with van der Waals surface area (Å²) in [6.07, 6.45) is -10.7. The molecule has 20 heavy (non-hydrogen) atoms. The molecule has 1 rings (SSSR count). The van der Waals surface area contributed by atoms with E-state index in [9.17, 15) is 35.5 Å². The van der Waals surface area contributed by atoms with Crippen molar-refractivity contribution in [2.75, 3.05) is 7.11 Å². The van der Waals surface area contributed by atoms with Gasteiger partial charge in [0.05, 0.1) is 12.7 Å². The molecule has 0 unspecified atom stereocenters. The van der Waals surface area contributed by atoms with Crippen molar-refractivity contribution in [3.05, 3.63) is 23.1 Å². The molecule has 11 heteroatoms. The van der Waals surface area contributed by atoms with Crippen LogP contribution in [0.1, 0.15) is 16.1 Å². The third-order valence-electron chi connectivity index (χ3n) is 1.84. The molecule has 112 valence electrons. The molecule has 1 heterocycles. The van der Waals surface area contributed by atoms with Crippen LogP contribution in [0.3, 0.4) is 0 Å². The average Bonchev–Trinajstić information content (AvgIpc) is 2.26. The van der Waals surface area contributed by atoms with Crippen molar-refractivity contribution in [2.45, 2.75) is 12.5 Å². The number of halogens is 7. The van der Waals surface area contributed by atoms with Crippen molar-refractivity contribution < 1.29 is 45.0 Å². The maximum absolute atomic E-state index is 13.4. The molecule has 1 aromatic heterocycles. The summed E-state index contributed by atoms with van der Waals surface area (Å²) in [6.45, 7) is 0. The lowest BCUT2D eigenvalue weighted by Crippen LogP contribution is -2.21. The number of nitrogens with zero attached hydrogens (tertiary/aromatic N) is 1. The smallest absolute Gasteiger partial charge is 0.464 e. The Morgan fingerprint density at radius 2 is 1.75 bits per heavy atom. The van der Waals surface area contributed by atoms with E-state index in [0.29, 0.717) is 7.11 Å². The van der Waals surface area contributed by atoms with E-state index >= 15 is 0 Å². The van der Waals surface area contributed by atoms with Crippen LogP contribution in [0.2, 0.25) is 0 Å². The van der Waals surface area contributed by atoms with E-state index in [1.54, 1.807) is 0 Å². The van der Waals surface area contributed by atoms with Gasteiger partial charge in [-0.05, 0) is 0 Å². The lowest BCUT2D eigenvalue weighted by Gasteiger charge is -2.13. The molecule has 0 N–H and O–H groups in total. The summed E-state index contributed by atoms with van der Waals surface area (Å²) < 4.78 is 93.6. The van der Waals surface area contributed by atoms with Crippen molar-refractivity contribution in [3.63, 3.8) is 0 Å². The van der Waals surface area contributed by atoms with Gasteiger partial charge in [-0.2, -0.15) is 13.2 Å². The molecule has 0 aliphatic heterocycles. The highest BCUT2D eigenvalue weighted by atomic mass is 19.4. The van der Waals surface area contributed by atoms with E-state index < -0.39 is 41.5 Å². The van der Waals surface area contributed by atoms with E-state index in [-0.39, 0.29) is 6.07 Å². The van der Waals surface area contributed by atoms with E-state index in [2.05, 4.69) is 14.5 Å². The molecule has 0 aromatic carbocycles. The highest BCUT2D eigenvalue weighted by molar-refractivity contribution is 5.87. The number of aromatic nitrogens is 1. The van der Waals surface area contributed by atoms with Gasteiger partial charge in [0.15, 0.2) is 11.5 Å². The standard InChI is InChI=1S/C9H4F7NO3/c1-19-7(18)6-5(10)3(8(11,12)13)2-4(17-6)20-9(14,15)16/h2H,1H3. The fourth-order valence-electron chi connectivity index (χ4n) is 1.11. The maximum atomic E-state index is 13.4. The summed E-state index contributed by atoms with van der Waals surface area (Å²) in [6, 6.07) is -0.310. The second-order valence-corrected chi connectivity index (χ2v) is 3.21. The second kappa shape index (κ2) is 5.13. The van der Waals surface area contributed by atoms with Crippen molar-refractivity contribution >= 4 is 5.97 Å². The minimum absolute atomic E-state index is 0.310. The molecule has 0 amide bonds. The van der Waals surface area contributed by atoms with Crippen molar-refractivity contribution in [1.82, 2.24) is 4.98 Å². The first kappa shape index (κ1) is 16.0. The zero-order valence-electron chi connectivity index (χ0n) is 9.40. The van der Waals surface area contributed by atoms with Gasteiger partial charge in [0.1, 0.15) is 0 Å². The summed E-state index contributed by atoms with van der Waals surface area (Å²) in [7, 11) is 0.688. The number of pyridine rings is 1. The van der Waals surface area contributed by atoms with E-state index in [1.165, 1.54) is 0 Å². The van der Waals surface area contributed by atoms with Crippen LogP contribution in [-0.4, -0.2) is 24.4 Å². The minimum Gasteiger partial charge on any atom is -0.464 e. The molecule has 0 fully saturated rings. The lowest BCUT2D eigenvalue weighted by molar-refractivity contribution is -0.276. The topological polar surface area (TPSA) is 48.4 Å². The minimum atomic E-state index is -5.36. The Bertz CT molecular complexity index is 523. The first-order valence-corrected chi connectivity index (χ1v) is 4.57. The number of esters is 1. The van der Waals surface area contributed by atoms with Crippen LogP contribution in [0.5, 0.6) is 5.88 Å². The molecule has 4 nitrogen and oxygen atoms in total. The van der Waals surface area contributed by atoms with Gasteiger partial charge in [0, 0.05) is 6.07 Å². The monoisotopic (exact) mass is 307 g/mol. The molecule has 0 aliphatic carbocycles. The Balaban J connectivity index is 3.46. The number of ether oxygens (including phenoxy) is 2. The summed E-state index contributed by atoms with van der Waals surface area (Å²) in [5.41, 5.74) is -3.70. The number of hydrogen-bond donors (Lipinski definition) is 0. The third kappa shape index (κ3) is 3.71. The number of carbonyl (C=O) groups excluding carboxylic acids is 1. The van der Waals surface area contributed by atoms with Crippen LogP contribution in [0.15, 0.2) is 6.07 Å². The first-order chi connectivity index (χ1) is 8.95. The Morgan fingerprint density at radius 3 is 2.15 bits per heavy atom. The molecular formula is C9H4F7NO3. The van der Waals surface area contributed by atoms with Crippen LogP contribution in [-0.2, 0) is 10.9 Å². The fourth-order valence-corrected chi connectivity index (χ4v) is 1.11. The molecule has 0 spiro atoms. The molecule has 0 atom stereocenters. The van der Waals surface area contributed by atoms with Gasteiger partial charge in [-0.25, -0.2) is 14.2 Å². The fraction of sp³-hybridized carbons (Fsp3) is 0.333. The predicted molar refractivity (Wildman–Crippen MR) is 47.2 cm³/mol. The molecule has 0 saturated heterocycles. The Hall–Kier alpha value is -2.07.